The summed E-state index contributed by atoms with van der Waals surface area (Å²) in [6, 6.07) is 14.3. The number of rotatable bonds is 7. The molecule has 1 heterocycles. The number of carbonyl (C=O) groups excluding carboxylic acids is 1. The van der Waals surface area contributed by atoms with Crippen LogP contribution in [0.25, 0.3) is 0 Å². The molecule has 30 heavy (non-hydrogen) atoms. The normalized spacial score (nSPS) is 17.8. The van der Waals surface area contributed by atoms with Gasteiger partial charge >= 0.3 is 6.03 Å². The molecule has 0 unspecified atom stereocenters. The molecule has 4 rings (SSSR count). The first kappa shape index (κ1) is 20.5. The molecule has 5 heteroatoms. The largest absolute Gasteiger partial charge is 0.508 e. The van der Waals surface area contributed by atoms with Gasteiger partial charge in [0.15, 0.2) is 0 Å². The summed E-state index contributed by atoms with van der Waals surface area (Å²) in [5, 5.41) is 16.3. The average Bonchev–Trinajstić information content (AvgIpc) is 3.16. The van der Waals surface area contributed by atoms with Crippen molar-refractivity contribution in [3.05, 3.63) is 77.4 Å². The van der Waals surface area contributed by atoms with Crippen LogP contribution in [0.3, 0.4) is 0 Å². The van der Waals surface area contributed by atoms with E-state index in [1.165, 1.54) is 16.7 Å². The van der Waals surface area contributed by atoms with E-state index >= 15 is 0 Å². The molecule has 0 aromatic heterocycles. The van der Waals surface area contributed by atoms with E-state index in [1.54, 1.807) is 12.1 Å². The molecule has 3 N–H and O–H groups in total. The van der Waals surface area contributed by atoms with Crippen LogP contribution in [0.2, 0.25) is 0 Å². The van der Waals surface area contributed by atoms with Gasteiger partial charge in [-0.25, -0.2) is 4.79 Å². The Labute approximate surface area is 178 Å². The number of carbonyl (C=O) groups is 1. The molecular weight excluding hydrogens is 374 g/mol. The number of amides is 2. The Kier molecular flexibility index (Phi) is 6.38. The maximum atomic E-state index is 12.8. The number of hydrogen-bond acceptors (Lipinski definition) is 3. The van der Waals surface area contributed by atoms with Gasteiger partial charge in [0, 0.05) is 32.2 Å². The Hall–Kier alpha value is -2.79. The van der Waals surface area contributed by atoms with Crippen LogP contribution in [0.1, 0.15) is 28.7 Å². The third-order valence-electron chi connectivity index (χ3n) is 6.28. The highest BCUT2D eigenvalue weighted by atomic mass is 16.3. The third kappa shape index (κ3) is 4.85. The zero-order valence-corrected chi connectivity index (χ0v) is 17.4. The van der Waals surface area contributed by atoms with Crippen molar-refractivity contribution in [2.24, 2.45) is 5.92 Å². The van der Waals surface area contributed by atoms with Crippen molar-refractivity contribution in [3.63, 3.8) is 0 Å². The van der Waals surface area contributed by atoms with Gasteiger partial charge < -0.3 is 20.6 Å². The number of urea groups is 1. The van der Waals surface area contributed by atoms with Crippen LogP contribution in [-0.4, -0.2) is 41.7 Å². The minimum absolute atomic E-state index is 0.0243. The fraction of sp³-hybridized carbons (Fsp3) is 0.400. The zero-order valence-electron chi connectivity index (χ0n) is 17.4. The predicted octanol–water partition coefficient (Wildman–Crippen LogP) is 3.41. The molecule has 0 radical (unpaired) electrons. The summed E-state index contributed by atoms with van der Waals surface area (Å²) in [6.45, 7) is 6.39. The van der Waals surface area contributed by atoms with Gasteiger partial charge in [0.1, 0.15) is 5.75 Å². The van der Waals surface area contributed by atoms with E-state index in [0.29, 0.717) is 37.8 Å². The van der Waals surface area contributed by atoms with Crippen LogP contribution >= 0.6 is 0 Å². The number of hydrogen-bond donors (Lipinski definition) is 3. The lowest BCUT2D eigenvalue weighted by Crippen LogP contribution is -2.49. The average molecular weight is 406 g/mol. The minimum Gasteiger partial charge on any atom is -0.508 e. The van der Waals surface area contributed by atoms with Crippen LogP contribution in [0.15, 0.2) is 55.1 Å². The molecule has 0 bridgehead atoms. The Morgan fingerprint density at radius 1 is 1.13 bits per heavy atom. The molecule has 0 spiro atoms. The molecule has 0 saturated heterocycles. The molecule has 0 saturated carbocycles. The first-order valence-electron chi connectivity index (χ1n) is 10.9. The molecule has 0 fully saturated rings. The van der Waals surface area contributed by atoms with Crippen LogP contribution in [0.4, 0.5) is 4.79 Å². The third-order valence-corrected chi connectivity index (χ3v) is 6.28. The topological polar surface area (TPSA) is 64.6 Å². The summed E-state index contributed by atoms with van der Waals surface area (Å²) >= 11 is 0. The SMILES string of the molecule is C=CCN(C[C@@H]1Cc2ccc(O)cc2CN1)C(=O)NCCC1Cc2ccccc2C1. The highest BCUT2D eigenvalue weighted by Crippen LogP contribution is 2.28. The Bertz CT molecular complexity index is 886. The fourth-order valence-electron chi connectivity index (χ4n) is 4.71. The number of nitrogens with one attached hydrogen (secondary N) is 2. The molecule has 1 aliphatic carbocycles. The van der Waals surface area contributed by atoms with Gasteiger partial charge in [-0.3, -0.25) is 0 Å². The van der Waals surface area contributed by atoms with Crippen molar-refractivity contribution in [2.45, 2.75) is 38.3 Å². The van der Waals surface area contributed by atoms with Gasteiger partial charge in [0.25, 0.3) is 0 Å². The van der Waals surface area contributed by atoms with Crippen LogP contribution in [0, 0.1) is 5.92 Å². The monoisotopic (exact) mass is 405 g/mol. The highest BCUT2D eigenvalue weighted by molar-refractivity contribution is 5.74. The van der Waals surface area contributed by atoms with Gasteiger partial charge in [0.05, 0.1) is 0 Å². The first-order valence-corrected chi connectivity index (χ1v) is 10.9. The second-order valence-electron chi connectivity index (χ2n) is 8.49. The molecular formula is C25H31N3O2. The summed E-state index contributed by atoms with van der Waals surface area (Å²) in [5.41, 5.74) is 5.28. The summed E-state index contributed by atoms with van der Waals surface area (Å²) in [5.74, 6) is 0.913. The van der Waals surface area contributed by atoms with E-state index in [2.05, 4.69) is 41.5 Å². The number of fused-ring (bicyclic) bond motifs is 2. The smallest absolute Gasteiger partial charge is 0.317 e. The van der Waals surface area contributed by atoms with Gasteiger partial charge in [-0.05, 0) is 66.0 Å². The standard InChI is InChI=1S/C25H31N3O2/c1-2-11-28(17-23-14-21-7-8-24(29)15-22(21)16-27-23)25(30)26-10-9-18-12-19-5-3-4-6-20(19)13-18/h2-8,15,18,23,27,29H,1,9-14,16-17H2,(H,26,30)/t23-/m0/s1. The number of phenolic OH excluding ortho intramolecular Hbond substituents is 1. The second-order valence-corrected chi connectivity index (χ2v) is 8.49. The maximum absolute atomic E-state index is 12.8. The summed E-state index contributed by atoms with van der Waals surface area (Å²) in [4.78, 5) is 14.6. The van der Waals surface area contributed by atoms with Crippen LogP contribution < -0.4 is 10.6 Å². The van der Waals surface area contributed by atoms with Crippen LogP contribution in [-0.2, 0) is 25.8 Å². The van der Waals surface area contributed by atoms with Crippen molar-refractivity contribution >= 4 is 6.03 Å². The van der Waals surface area contributed by atoms with Gasteiger partial charge in [-0.1, -0.05) is 36.4 Å². The van der Waals surface area contributed by atoms with Crippen molar-refractivity contribution in [1.29, 1.82) is 0 Å². The van der Waals surface area contributed by atoms with Gasteiger partial charge in [-0.2, -0.15) is 0 Å². The number of benzene rings is 2. The van der Waals surface area contributed by atoms with E-state index < -0.39 is 0 Å². The highest BCUT2D eigenvalue weighted by Gasteiger charge is 2.24. The molecule has 2 aromatic carbocycles. The van der Waals surface area contributed by atoms with E-state index in [1.807, 2.05) is 17.0 Å². The lowest BCUT2D eigenvalue weighted by atomic mass is 9.95. The Balaban J connectivity index is 1.26. The predicted molar refractivity (Wildman–Crippen MR) is 120 cm³/mol. The van der Waals surface area contributed by atoms with E-state index in [4.69, 9.17) is 0 Å². The fourth-order valence-corrected chi connectivity index (χ4v) is 4.71. The van der Waals surface area contributed by atoms with Crippen LogP contribution in [0.5, 0.6) is 5.75 Å². The van der Waals surface area contributed by atoms with Gasteiger partial charge in [0.2, 0.25) is 0 Å². The van der Waals surface area contributed by atoms with Gasteiger partial charge in [-0.15, -0.1) is 6.58 Å². The molecule has 1 aliphatic heterocycles. The first-order chi connectivity index (χ1) is 14.6. The summed E-state index contributed by atoms with van der Waals surface area (Å²) in [6.07, 6.45) is 5.85. The Morgan fingerprint density at radius 3 is 2.60 bits per heavy atom. The molecule has 2 aromatic rings. The maximum Gasteiger partial charge on any atom is 0.317 e. The van der Waals surface area contributed by atoms with Crippen molar-refractivity contribution in [2.75, 3.05) is 19.6 Å². The molecule has 2 amide bonds. The lowest BCUT2D eigenvalue weighted by molar-refractivity contribution is 0.195. The molecule has 2 aliphatic rings. The number of aromatic hydroxyl groups is 1. The molecule has 5 nitrogen and oxygen atoms in total. The second kappa shape index (κ2) is 9.35. The zero-order chi connectivity index (χ0) is 20.9. The van der Waals surface area contributed by atoms with E-state index in [-0.39, 0.29) is 12.1 Å². The summed E-state index contributed by atoms with van der Waals surface area (Å²) in [7, 11) is 0. The molecule has 158 valence electrons. The van der Waals surface area contributed by atoms with Crippen molar-refractivity contribution in [3.8, 4) is 5.75 Å². The number of nitrogens with zero attached hydrogens (tertiary/aromatic N) is 1. The quantitative estimate of drug-likeness (QED) is 0.619. The number of phenols is 1. The van der Waals surface area contributed by atoms with Crippen molar-refractivity contribution in [1.82, 2.24) is 15.5 Å². The van der Waals surface area contributed by atoms with E-state index in [0.717, 1.165) is 31.2 Å². The van der Waals surface area contributed by atoms with Crippen molar-refractivity contribution < 1.29 is 9.90 Å². The minimum atomic E-state index is -0.0243. The molecule has 1 atom stereocenters. The summed E-state index contributed by atoms with van der Waals surface area (Å²) < 4.78 is 0. The van der Waals surface area contributed by atoms with E-state index in [9.17, 15) is 9.90 Å². The lowest BCUT2D eigenvalue weighted by Gasteiger charge is -2.31. The Morgan fingerprint density at radius 2 is 1.87 bits per heavy atom.